The molecule has 0 spiro atoms. The number of carbonyl (C=O) groups is 1. The van der Waals surface area contributed by atoms with Gasteiger partial charge in [0.2, 0.25) is 5.91 Å². The van der Waals surface area contributed by atoms with Gasteiger partial charge in [-0.15, -0.1) is 0 Å². The highest BCUT2D eigenvalue weighted by Crippen LogP contribution is 2.08. The Morgan fingerprint density at radius 2 is 2.11 bits per heavy atom. The van der Waals surface area contributed by atoms with Gasteiger partial charge in [0.05, 0.1) is 11.9 Å². The normalized spacial score (nSPS) is 10.4. The molecule has 0 unspecified atom stereocenters. The summed E-state index contributed by atoms with van der Waals surface area (Å²) >= 11 is 0. The van der Waals surface area contributed by atoms with Crippen molar-refractivity contribution in [3.63, 3.8) is 0 Å². The Morgan fingerprint density at radius 3 is 2.84 bits per heavy atom. The summed E-state index contributed by atoms with van der Waals surface area (Å²) in [5, 5.41) is 7.04. The smallest absolute Gasteiger partial charge is 0.220 e. The fraction of sp³-hybridized carbons (Fsp3) is 0.286. The molecule has 1 aromatic heterocycles. The first kappa shape index (κ1) is 13.3. The lowest BCUT2D eigenvalue weighted by atomic mass is 10.2. The summed E-state index contributed by atoms with van der Waals surface area (Å²) in [6, 6.07) is 9.89. The van der Waals surface area contributed by atoms with E-state index in [1.807, 2.05) is 41.2 Å². The molecule has 0 fully saturated rings. The molecule has 0 radical (unpaired) electrons. The Kier molecular flexibility index (Phi) is 4.69. The number of rotatable bonds is 6. The zero-order chi connectivity index (χ0) is 13.5. The maximum atomic E-state index is 11.5. The number of aromatic nitrogens is 2. The lowest BCUT2D eigenvalue weighted by Crippen LogP contribution is -2.29. The van der Waals surface area contributed by atoms with Crippen LogP contribution in [0.1, 0.15) is 12.0 Å². The Morgan fingerprint density at radius 1 is 1.32 bits per heavy atom. The minimum Gasteiger partial charge on any atom is -0.355 e. The summed E-state index contributed by atoms with van der Waals surface area (Å²) < 4.78 is 1.81. The van der Waals surface area contributed by atoms with Crippen LogP contribution >= 0.6 is 0 Å². The van der Waals surface area contributed by atoms with E-state index in [4.69, 9.17) is 5.73 Å². The first-order valence-electron chi connectivity index (χ1n) is 6.35. The zero-order valence-corrected chi connectivity index (χ0v) is 10.7. The first-order valence-corrected chi connectivity index (χ1v) is 6.35. The van der Waals surface area contributed by atoms with Crippen LogP contribution < -0.4 is 11.1 Å². The molecule has 3 N–H and O–H groups in total. The molecule has 5 nitrogen and oxygen atoms in total. The maximum Gasteiger partial charge on any atom is 0.220 e. The van der Waals surface area contributed by atoms with E-state index in [0.717, 1.165) is 11.3 Å². The number of amides is 1. The van der Waals surface area contributed by atoms with Crippen LogP contribution in [0.2, 0.25) is 0 Å². The van der Waals surface area contributed by atoms with E-state index in [-0.39, 0.29) is 5.91 Å². The largest absolute Gasteiger partial charge is 0.355 e. The second-order valence-corrected chi connectivity index (χ2v) is 4.27. The van der Waals surface area contributed by atoms with Crippen molar-refractivity contribution >= 4 is 5.91 Å². The van der Waals surface area contributed by atoms with Gasteiger partial charge in [0, 0.05) is 25.7 Å². The van der Waals surface area contributed by atoms with Crippen LogP contribution in [0.3, 0.4) is 0 Å². The molecule has 0 saturated carbocycles. The Hall–Kier alpha value is -2.14. The van der Waals surface area contributed by atoms with Crippen LogP contribution in [0, 0.1) is 0 Å². The summed E-state index contributed by atoms with van der Waals surface area (Å²) in [4.78, 5) is 11.5. The van der Waals surface area contributed by atoms with Crippen LogP contribution in [-0.2, 0) is 11.2 Å². The van der Waals surface area contributed by atoms with Gasteiger partial charge in [0.25, 0.3) is 0 Å². The Labute approximate surface area is 112 Å². The number of benzene rings is 1. The number of aryl methyl sites for hydroxylation is 1. The predicted octanol–water partition coefficient (Wildman–Crippen LogP) is 0.880. The monoisotopic (exact) mass is 258 g/mol. The molecule has 0 bridgehead atoms. The van der Waals surface area contributed by atoms with Gasteiger partial charge >= 0.3 is 0 Å². The van der Waals surface area contributed by atoms with Gasteiger partial charge in [-0.25, -0.2) is 4.68 Å². The molecule has 1 amide bonds. The Bertz CT molecular complexity index is 521. The average Bonchev–Trinajstić information content (AvgIpc) is 2.93. The lowest BCUT2D eigenvalue weighted by Gasteiger charge is -2.02. The van der Waals surface area contributed by atoms with E-state index < -0.39 is 0 Å². The van der Waals surface area contributed by atoms with Crippen LogP contribution in [-0.4, -0.2) is 28.8 Å². The van der Waals surface area contributed by atoms with Gasteiger partial charge in [-0.1, -0.05) is 18.2 Å². The van der Waals surface area contributed by atoms with Crippen LogP contribution in [0.25, 0.3) is 5.69 Å². The average molecular weight is 258 g/mol. The van der Waals surface area contributed by atoms with Crippen molar-refractivity contribution in [1.82, 2.24) is 15.1 Å². The number of carbonyl (C=O) groups excluding carboxylic acids is 1. The fourth-order valence-corrected chi connectivity index (χ4v) is 1.77. The third kappa shape index (κ3) is 3.93. The van der Waals surface area contributed by atoms with Crippen LogP contribution in [0.4, 0.5) is 0 Å². The molecule has 19 heavy (non-hydrogen) atoms. The summed E-state index contributed by atoms with van der Waals surface area (Å²) in [6.45, 7) is 1.000. The molecule has 0 aliphatic rings. The third-order valence-corrected chi connectivity index (χ3v) is 2.76. The van der Waals surface area contributed by atoms with Crippen molar-refractivity contribution in [1.29, 1.82) is 0 Å². The molecule has 5 heteroatoms. The van der Waals surface area contributed by atoms with Crippen LogP contribution in [0.15, 0.2) is 42.7 Å². The van der Waals surface area contributed by atoms with Gasteiger partial charge in [-0.05, 0) is 24.1 Å². The van der Waals surface area contributed by atoms with Crippen molar-refractivity contribution in [3.05, 3.63) is 48.3 Å². The van der Waals surface area contributed by atoms with Crippen molar-refractivity contribution < 1.29 is 4.79 Å². The Balaban J connectivity index is 1.90. The first-order chi connectivity index (χ1) is 9.29. The molecule has 2 rings (SSSR count). The summed E-state index contributed by atoms with van der Waals surface area (Å²) in [5.41, 5.74) is 7.39. The van der Waals surface area contributed by atoms with Gasteiger partial charge in [-0.3, -0.25) is 4.79 Å². The van der Waals surface area contributed by atoms with E-state index in [0.29, 0.717) is 25.9 Å². The molecule has 0 aliphatic heterocycles. The summed E-state index contributed by atoms with van der Waals surface area (Å²) in [7, 11) is 0. The van der Waals surface area contributed by atoms with Crippen LogP contribution in [0.5, 0.6) is 0 Å². The number of hydrogen-bond acceptors (Lipinski definition) is 3. The van der Waals surface area contributed by atoms with E-state index in [1.165, 1.54) is 0 Å². The molecule has 100 valence electrons. The molecule has 0 saturated heterocycles. The number of hydrogen-bond donors (Lipinski definition) is 2. The SMILES string of the molecule is NCCNC(=O)CCc1cnn(-c2ccccc2)c1. The number of nitrogens with zero attached hydrogens (tertiary/aromatic N) is 2. The van der Waals surface area contributed by atoms with E-state index in [2.05, 4.69) is 10.4 Å². The molecular weight excluding hydrogens is 240 g/mol. The highest BCUT2D eigenvalue weighted by Gasteiger charge is 2.04. The second-order valence-electron chi connectivity index (χ2n) is 4.27. The zero-order valence-electron chi connectivity index (χ0n) is 10.7. The molecule has 0 aliphatic carbocycles. The third-order valence-electron chi connectivity index (χ3n) is 2.76. The number of para-hydroxylation sites is 1. The highest BCUT2D eigenvalue weighted by molar-refractivity contribution is 5.76. The molecule has 1 aromatic carbocycles. The quantitative estimate of drug-likeness (QED) is 0.808. The fourth-order valence-electron chi connectivity index (χ4n) is 1.77. The lowest BCUT2D eigenvalue weighted by molar-refractivity contribution is -0.120. The van der Waals surface area contributed by atoms with Gasteiger partial charge in [-0.2, -0.15) is 5.10 Å². The predicted molar refractivity (Wildman–Crippen MR) is 73.9 cm³/mol. The van der Waals surface area contributed by atoms with Crippen molar-refractivity contribution in [2.75, 3.05) is 13.1 Å². The molecule has 1 heterocycles. The second kappa shape index (κ2) is 6.70. The van der Waals surface area contributed by atoms with Crippen molar-refractivity contribution in [2.45, 2.75) is 12.8 Å². The van der Waals surface area contributed by atoms with E-state index in [9.17, 15) is 4.79 Å². The van der Waals surface area contributed by atoms with E-state index >= 15 is 0 Å². The molecule has 0 atom stereocenters. The van der Waals surface area contributed by atoms with Gasteiger partial charge in [0.1, 0.15) is 0 Å². The van der Waals surface area contributed by atoms with Crippen molar-refractivity contribution in [2.24, 2.45) is 5.73 Å². The van der Waals surface area contributed by atoms with Crippen molar-refractivity contribution in [3.8, 4) is 5.69 Å². The summed E-state index contributed by atoms with van der Waals surface area (Å²) in [5.74, 6) is 0.0258. The highest BCUT2D eigenvalue weighted by atomic mass is 16.1. The van der Waals surface area contributed by atoms with E-state index in [1.54, 1.807) is 6.20 Å². The standard InChI is InChI=1S/C14H18N4O/c15-8-9-16-14(19)7-6-12-10-17-18(11-12)13-4-2-1-3-5-13/h1-5,10-11H,6-9,15H2,(H,16,19). The molecule has 2 aromatic rings. The minimum absolute atomic E-state index is 0.0258. The van der Waals surface area contributed by atoms with Gasteiger partial charge in [0.15, 0.2) is 0 Å². The summed E-state index contributed by atoms with van der Waals surface area (Å²) in [6.07, 6.45) is 4.89. The topological polar surface area (TPSA) is 72.9 Å². The van der Waals surface area contributed by atoms with Gasteiger partial charge < -0.3 is 11.1 Å². The number of nitrogens with two attached hydrogens (primary N) is 1. The minimum atomic E-state index is 0.0258. The number of nitrogens with one attached hydrogen (secondary N) is 1. The molecular formula is C14H18N4O. The maximum absolute atomic E-state index is 11.5.